The van der Waals surface area contributed by atoms with Gasteiger partial charge in [0.15, 0.2) is 0 Å². The molecule has 0 saturated carbocycles. The largest absolute Gasteiger partial charge is 0.378 e. The van der Waals surface area contributed by atoms with E-state index in [2.05, 4.69) is 34.6 Å². The number of rotatable bonds is 3. The molecule has 0 aliphatic heterocycles. The van der Waals surface area contributed by atoms with Gasteiger partial charge in [-0.1, -0.05) is 27.7 Å². The van der Waals surface area contributed by atoms with Crippen LogP contribution < -0.4 is 0 Å². The van der Waals surface area contributed by atoms with Gasteiger partial charge in [0.25, 0.3) is 0 Å². The van der Waals surface area contributed by atoms with E-state index in [4.69, 9.17) is 4.74 Å². The summed E-state index contributed by atoms with van der Waals surface area (Å²) in [6.45, 7) is 11.7. The Morgan fingerprint density at radius 2 is 1.70 bits per heavy atom. The molecule has 62 valence electrons. The molecule has 10 heavy (non-hydrogen) atoms. The summed E-state index contributed by atoms with van der Waals surface area (Å²) in [5.74, 6) is 0. The molecule has 0 aliphatic rings. The fraction of sp³-hybridized carbons (Fsp3) is 1.00. The van der Waals surface area contributed by atoms with Gasteiger partial charge < -0.3 is 4.74 Å². The molecule has 0 fully saturated rings. The van der Waals surface area contributed by atoms with E-state index >= 15 is 0 Å². The first-order valence-corrected chi connectivity index (χ1v) is 4.14. The van der Waals surface area contributed by atoms with Crippen molar-refractivity contribution in [1.29, 1.82) is 0 Å². The van der Waals surface area contributed by atoms with E-state index in [0.29, 0.717) is 11.5 Å². The zero-order chi connectivity index (χ0) is 8.20. The van der Waals surface area contributed by atoms with Crippen LogP contribution in [0.2, 0.25) is 0 Å². The third-order valence-corrected chi connectivity index (χ3v) is 1.70. The van der Waals surface area contributed by atoms with Gasteiger partial charge in [-0.3, -0.25) is 0 Å². The first-order chi connectivity index (χ1) is 4.52. The Balaban J connectivity index is 3.81. The molecule has 0 N–H and O–H groups in total. The Bertz CT molecular complexity index is 81.2. The summed E-state index contributed by atoms with van der Waals surface area (Å²) in [5.41, 5.74) is 0.296. The Labute approximate surface area is 64.8 Å². The molecule has 0 aromatic carbocycles. The predicted molar refractivity (Wildman–Crippen MR) is 45.2 cm³/mol. The number of hydrogen-bond donors (Lipinski definition) is 0. The second-order valence-electron chi connectivity index (χ2n) is 3.72. The van der Waals surface area contributed by atoms with Crippen molar-refractivity contribution in [2.75, 3.05) is 6.61 Å². The quantitative estimate of drug-likeness (QED) is 0.592. The van der Waals surface area contributed by atoms with Gasteiger partial charge >= 0.3 is 0 Å². The van der Waals surface area contributed by atoms with Gasteiger partial charge in [0.05, 0.1) is 6.10 Å². The summed E-state index contributed by atoms with van der Waals surface area (Å²) < 4.78 is 5.56. The molecule has 1 heteroatoms. The van der Waals surface area contributed by atoms with Crippen LogP contribution >= 0.6 is 0 Å². The first kappa shape index (κ1) is 9.96. The summed E-state index contributed by atoms with van der Waals surface area (Å²) in [6, 6.07) is 0. The third-order valence-electron chi connectivity index (χ3n) is 1.70. The van der Waals surface area contributed by atoms with Crippen LogP contribution in [0.3, 0.4) is 0 Å². The van der Waals surface area contributed by atoms with E-state index in [9.17, 15) is 0 Å². The lowest BCUT2D eigenvalue weighted by atomic mass is 9.87. The minimum absolute atomic E-state index is 0.296. The third kappa shape index (κ3) is 3.21. The average molecular weight is 144 g/mol. The lowest BCUT2D eigenvalue weighted by Crippen LogP contribution is -2.28. The van der Waals surface area contributed by atoms with Crippen molar-refractivity contribution in [1.82, 2.24) is 0 Å². The molecule has 0 amide bonds. The van der Waals surface area contributed by atoms with E-state index in [-0.39, 0.29) is 0 Å². The Kier molecular flexibility index (Phi) is 3.95. The van der Waals surface area contributed by atoms with E-state index in [1.54, 1.807) is 0 Å². The van der Waals surface area contributed by atoms with Crippen LogP contribution in [0.5, 0.6) is 0 Å². The van der Waals surface area contributed by atoms with Gasteiger partial charge in [0, 0.05) is 6.61 Å². The maximum Gasteiger partial charge on any atom is 0.0620 e. The predicted octanol–water partition coefficient (Wildman–Crippen LogP) is 2.85. The van der Waals surface area contributed by atoms with Gasteiger partial charge in [-0.25, -0.2) is 0 Å². The summed E-state index contributed by atoms with van der Waals surface area (Å²) in [7, 11) is 0. The Morgan fingerprint density at radius 1 is 1.20 bits per heavy atom. The molecule has 0 bridgehead atoms. The van der Waals surface area contributed by atoms with E-state index in [1.165, 1.54) is 0 Å². The van der Waals surface area contributed by atoms with Crippen molar-refractivity contribution >= 4 is 0 Å². The van der Waals surface area contributed by atoms with Crippen molar-refractivity contribution in [3.05, 3.63) is 0 Å². The van der Waals surface area contributed by atoms with Crippen LogP contribution in [0.25, 0.3) is 0 Å². The normalized spacial score (nSPS) is 15.3. The van der Waals surface area contributed by atoms with Crippen LogP contribution in [-0.4, -0.2) is 12.7 Å². The number of hydrogen-bond acceptors (Lipinski definition) is 1. The molecule has 0 spiro atoms. The zero-order valence-electron chi connectivity index (χ0n) is 7.90. The summed E-state index contributed by atoms with van der Waals surface area (Å²) in [4.78, 5) is 0. The molecular weight excluding hydrogens is 124 g/mol. The summed E-state index contributed by atoms with van der Waals surface area (Å²) >= 11 is 0. The van der Waals surface area contributed by atoms with Gasteiger partial charge in [0.1, 0.15) is 0 Å². The minimum Gasteiger partial charge on any atom is -0.378 e. The fourth-order valence-electron chi connectivity index (χ4n) is 1.18. The van der Waals surface area contributed by atoms with Gasteiger partial charge in [-0.2, -0.15) is 0 Å². The SMILES string of the molecule is CCO[C@H](CC)C(C)(C)C. The van der Waals surface area contributed by atoms with Crippen LogP contribution in [0.15, 0.2) is 0 Å². The molecule has 0 rings (SSSR count). The maximum atomic E-state index is 5.56. The highest BCUT2D eigenvalue weighted by Gasteiger charge is 2.22. The molecule has 0 heterocycles. The highest BCUT2D eigenvalue weighted by molar-refractivity contribution is 4.72. The standard InChI is InChI=1S/C9H20O/c1-6-8(10-7-2)9(3,4)5/h8H,6-7H2,1-5H3/t8-/m1/s1. The van der Waals surface area contributed by atoms with Gasteiger partial charge in [0.2, 0.25) is 0 Å². The van der Waals surface area contributed by atoms with Gasteiger partial charge in [-0.15, -0.1) is 0 Å². The Morgan fingerprint density at radius 3 is 1.80 bits per heavy atom. The molecule has 0 aromatic rings. The molecule has 0 saturated heterocycles. The van der Waals surface area contributed by atoms with Crippen molar-refractivity contribution in [2.24, 2.45) is 5.41 Å². The summed E-state index contributed by atoms with van der Waals surface area (Å²) in [6.07, 6.45) is 1.52. The minimum atomic E-state index is 0.296. The smallest absolute Gasteiger partial charge is 0.0620 e. The first-order valence-electron chi connectivity index (χ1n) is 4.14. The molecule has 1 nitrogen and oxygen atoms in total. The molecule has 1 atom stereocenters. The average Bonchev–Trinajstić information content (AvgIpc) is 1.80. The topological polar surface area (TPSA) is 9.23 Å². The highest BCUT2D eigenvalue weighted by Crippen LogP contribution is 2.24. The number of ether oxygens (including phenoxy) is 1. The van der Waals surface area contributed by atoms with E-state index in [1.807, 2.05) is 0 Å². The van der Waals surface area contributed by atoms with Crippen molar-refractivity contribution in [3.8, 4) is 0 Å². The second-order valence-corrected chi connectivity index (χ2v) is 3.72. The monoisotopic (exact) mass is 144 g/mol. The van der Waals surface area contributed by atoms with E-state index in [0.717, 1.165) is 13.0 Å². The lowest BCUT2D eigenvalue weighted by Gasteiger charge is -2.29. The van der Waals surface area contributed by atoms with Crippen LogP contribution in [-0.2, 0) is 4.74 Å². The molecular formula is C9H20O. The highest BCUT2D eigenvalue weighted by atomic mass is 16.5. The maximum absolute atomic E-state index is 5.56. The van der Waals surface area contributed by atoms with Crippen LogP contribution in [0.1, 0.15) is 41.0 Å². The van der Waals surface area contributed by atoms with Crippen molar-refractivity contribution in [3.63, 3.8) is 0 Å². The molecule has 0 aliphatic carbocycles. The zero-order valence-corrected chi connectivity index (χ0v) is 7.90. The fourth-order valence-corrected chi connectivity index (χ4v) is 1.18. The molecule has 0 unspecified atom stereocenters. The molecule has 0 radical (unpaired) electrons. The second kappa shape index (κ2) is 3.97. The summed E-state index contributed by atoms with van der Waals surface area (Å²) in [5, 5.41) is 0. The van der Waals surface area contributed by atoms with Crippen LogP contribution in [0.4, 0.5) is 0 Å². The van der Waals surface area contributed by atoms with Crippen molar-refractivity contribution in [2.45, 2.75) is 47.1 Å². The van der Waals surface area contributed by atoms with Gasteiger partial charge in [-0.05, 0) is 18.8 Å². The van der Waals surface area contributed by atoms with Crippen molar-refractivity contribution < 1.29 is 4.74 Å². The van der Waals surface area contributed by atoms with E-state index < -0.39 is 0 Å². The lowest BCUT2D eigenvalue weighted by molar-refractivity contribution is -0.0132. The molecule has 0 aromatic heterocycles. The Hall–Kier alpha value is -0.0400. The van der Waals surface area contributed by atoms with Crippen LogP contribution in [0, 0.1) is 5.41 Å².